The second kappa shape index (κ2) is 10.1. The number of hydrogen-bond donors (Lipinski definition) is 4. The molecule has 2 atom stereocenters. The number of likely N-dealkylation sites (tertiary alicyclic amines) is 1. The zero-order valence-corrected chi connectivity index (χ0v) is 14.4. The molecule has 0 spiro atoms. The SMILES string of the molecule is CSCCC(NC(=O)CN)C(=O)N1CCCC1C(=O)NCC(=O)O. The van der Waals surface area contributed by atoms with Gasteiger partial charge in [-0.15, -0.1) is 0 Å². The van der Waals surface area contributed by atoms with Crippen molar-refractivity contribution in [1.82, 2.24) is 15.5 Å². The highest BCUT2D eigenvalue weighted by molar-refractivity contribution is 7.98. The molecule has 0 bridgehead atoms. The molecule has 1 fully saturated rings. The fourth-order valence-corrected chi connectivity index (χ4v) is 3.00. The van der Waals surface area contributed by atoms with Crippen LogP contribution in [0.3, 0.4) is 0 Å². The summed E-state index contributed by atoms with van der Waals surface area (Å²) in [6.07, 6.45) is 3.45. The number of rotatable bonds is 9. The van der Waals surface area contributed by atoms with Crippen LogP contribution in [0.5, 0.6) is 0 Å². The molecule has 0 saturated carbocycles. The van der Waals surface area contributed by atoms with Gasteiger partial charge in [-0.1, -0.05) is 0 Å². The highest BCUT2D eigenvalue weighted by atomic mass is 32.2. The molecule has 2 unspecified atom stereocenters. The van der Waals surface area contributed by atoms with Gasteiger partial charge in [0.2, 0.25) is 17.7 Å². The van der Waals surface area contributed by atoms with Gasteiger partial charge >= 0.3 is 5.97 Å². The number of nitrogens with one attached hydrogen (secondary N) is 2. The van der Waals surface area contributed by atoms with Gasteiger partial charge in [0.05, 0.1) is 6.54 Å². The van der Waals surface area contributed by atoms with E-state index in [1.54, 1.807) is 11.8 Å². The molecule has 1 rings (SSSR count). The summed E-state index contributed by atoms with van der Waals surface area (Å²) in [5.74, 6) is -1.73. The number of amides is 3. The summed E-state index contributed by atoms with van der Waals surface area (Å²) in [5.41, 5.74) is 5.28. The molecule has 0 aromatic carbocycles. The molecular weight excluding hydrogens is 336 g/mol. The Morgan fingerprint density at radius 2 is 2.08 bits per heavy atom. The zero-order chi connectivity index (χ0) is 18.1. The molecule has 0 aromatic heterocycles. The van der Waals surface area contributed by atoms with Gasteiger partial charge in [-0.05, 0) is 31.3 Å². The van der Waals surface area contributed by atoms with Gasteiger partial charge in [0, 0.05) is 6.54 Å². The Morgan fingerprint density at radius 3 is 2.67 bits per heavy atom. The van der Waals surface area contributed by atoms with Crippen LogP contribution in [-0.2, 0) is 19.2 Å². The van der Waals surface area contributed by atoms with E-state index < -0.39 is 36.4 Å². The lowest BCUT2D eigenvalue weighted by Gasteiger charge is -2.28. The number of nitrogens with two attached hydrogens (primary N) is 1. The van der Waals surface area contributed by atoms with E-state index in [1.807, 2.05) is 6.26 Å². The maximum atomic E-state index is 12.7. The predicted molar refractivity (Wildman–Crippen MR) is 89.4 cm³/mol. The minimum atomic E-state index is -1.15. The van der Waals surface area contributed by atoms with Crippen molar-refractivity contribution in [3.05, 3.63) is 0 Å². The molecule has 1 saturated heterocycles. The Labute approximate surface area is 144 Å². The Bertz CT molecular complexity index is 488. The van der Waals surface area contributed by atoms with Crippen LogP contribution in [0.25, 0.3) is 0 Å². The van der Waals surface area contributed by atoms with Crippen LogP contribution < -0.4 is 16.4 Å². The number of carbonyl (C=O) groups excluding carboxylic acids is 3. The summed E-state index contributed by atoms with van der Waals surface area (Å²) in [5, 5.41) is 13.5. The second-order valence-electron chi connectivity index (χ2n) is 5.41. The van der Waals surface area contributed by atoms with E-state index in [0.29, 0.717) is 31.6 Å². The average molecular weight is 360 g/mol. The number of nitrogens with zero attached hydrogens (tertiary/aromatic N) is 1. The maximum absolute atomic E-state index is 12.7. The van der Waals surface area contributed by atoms with Crippen LogP contribution in [0.1, 0.15) is 19.3 Å². The molecule has 3 amide bonds. The van der Waals surface area contributed by atoms with Crippen LogP contribution in [0.15, 0.2) is 0 Å². The molecule has 5 N–H and O–H groups in total. The summed E-state index contributed by atoms with van der Waals surface area (Å²) in [4.78, 5) is 48.3. The Morgan fingerprint density at radius 1 is 1.38 bits per heavy atom. The molecule has 136 valence electrons. The first-order valence-corrected chi connectivity index (χ1v) is 9.08. The van der Waals surface area contributed by atoms with Crippen LogP contribution in [-0.4, -0.2) is 77.4 Å². The molecule has 1 aliphatic heterocycles. The summed E-state index contributed by atoms with van der Waals surface area (Å²) >= 11 is 1.55. The first-order valence-electron chi connectivity index (χ1n) is 7.69. The first-order chi connectivity index (χ1) is 11.4. The molecule has 0 aromatic rings. The maximum Gasteiger partial charge on any atom is 0.322 e. The lowest BCUT2D eigenvalue weighted by atomic mass is 10.1. The van der Waals surface area contributed by atoms with Gasteiger partial charge in [0.15, 0.2) is 0 Å². The largest absolute Gasteiger partial charge is 0.480 e. The quantitative estimate of drug-likeness (QED) is 0.387. The third-order valence-corrected chi connectivity index (χ3v) is 4.33. The summed E-state index contributed by atoms with van der Waals surface area (Å²) in [6, 6.07) is -1.44. The lowest BCUT2D eigenvalue weighted by Crippen LogP contribution is -2.54. The minimum absolute atomic E-state index is 0.217. The van der Waals surface area contributed by atoms with Crippen molar-refractivity contribution < 1.29 is 24.3 Å². The van der Waals surface area contributed by atoms with E-state index in [0.717, 1.165) is 0 Å². The number of carboxylic acids is 1. The Kier molecular flexibility index (Phi) is 8.55. The van der Waals surface area contributed by atoms with E-state index in [2.05, 4.69) is 10.6 Å². The monoisotopic (exact) mass is 360 g/mol. The van der Waals surface area contributed by atoms with E-state index >= 15 is 0 Å². The van der Waals surface area contributed by atoms with E-state index in [1.165, 1.54) is 4.90 Å². The van der Waals surface area contributed by atoms with Gasteiger partial charge in [-0.25, -0.2) is 0 Å². The van der Waals surface area contributed by atoms with Crippen molar-refractivity contribution in [1.29, 1.82) is 0 Å². The van der Waals surface area contributed by atoms with Crippen molar-refractivity contribution in [2.45, 2.75) is 31.3 Å². The van der Waals surface area contributed by atoms with E-state index in [9.17, 15) is 19.2 Å². The molecular formula is C14H24N4O5S. The van der Waals surface area contributed by atoms with E-state index in [4.69, 9.17) is 10.8 Å². The van der Waals surface area contributed by atoms with Gasteiger partial charge in [-0.2, -0.15) is 11.8 Å². The van der Waals surface area contributed by atoms with E-state index in [-0.39, 0.29) is 12.5 Å². The lowest BCUT2D eigenvalue weighted by molar-refractivity contribution is -0.142. The third-order valence-electron chi connectivity index (χ3n) is 3.68. The van der Waals surface area contributed by atoms with Crippen molar-refractivity contribution in [2.24, 2.45) is 5.73 Å². The normalized spacial score (nSPS) is 18.1. The molecule has 10 heteroatoms. The third kappa shape index (κ3) is 6.00. The molecule has 0 radical (unpaired) electrons. The summed E-state index contributed by atoms with van der Waals surface area (Å²) in [6.45, 7) is -0.305. The summed E-state index contributed by atoms with van der Waals surface area (Å²) in [7, 11) is 0. The van der Waals surface area contributed by atoms with Crippen molar-refractivity contribution >= 4 is 35.5 Å². The highest BCUT2D eigenvalue weighted by Gasteiger charge is 2.37. The standard InChI is InChI=1S/C14H24N4O5S/c1-24-6-4-9(17-11(19)7-15)14(23)18-5-2-3-10(18)13(22)16-8-12(20)21/h9-10H,2-8,15H2,1H3,(H,16,22)(H,17,19)(H,20,21). The summed E-state index contributed by atoms with van der Waals surface area (Å²) < 4.78 is 0. The predicted octanol–water partition coefficient (Wildman–Crippen LogP) is -1.63. The smallest absolute Gasteiger partial charge is 0.322 e. The number of carboxylic acid groups (broad SMARTS) is 1. The zero-order valence-electron chi connectivity index (χ0n) is 13.6. The highest BCUT2D eigenvalue weighted by Crippen LogP contribution is 2.19. The van der Waals surface area contributed by atoms with Crippen molar-refractivity contribution in [2.75, 3.05) is 31.6 Å². The first kappa shape index (κ1) is 20.2. The Balaban J connectivity index is 2.76. The molecule has 9 nitrogen and oxygen atoms in total. The topological polar surface area (TPSA) is 142 Å². The van der Waals surface area contributed by atoms with Gasteiger partial charge in [0.25, 0.3) is 0 Å². The number of aliphatic carboxylic acids is 1. The van der Waals surface area contributed by atoms with Crippen LogP contribution in [0, 0.1) is 0 Å². The molecule has 0 aliphatic carbocycles. The van der Waals surface area contributed by atoms with Crippen LogP contribution in [0.2, 0.25) is 0 Å². The molecule has 1 aliphatic rings. The Hall–Kier alpha value is -1.81. The number of thioether (sulfide) groups is 1. The fourth-order valence-electron chi connectivity index (χ4n) is 2.53. The van der Waals surface area contributed by atoms with Crippen LogP contribution >= 0.6 is 11.8 Å². The second-order valence-corrected chi connectivity index (χ2v) is 6.39. The van der Waals surface area contributed by atoms with Gasteiger partial charge < -0.3 is 26.4 Å². The van der Waals surface area contributed by atoms with Crippen molar-refractivity contribution in [3.8, 4) is 0 Å². The average Bonchev–Trinajstić information content (AvgIpc) is 3.05. The van der Waals surface area contributed by atoms with Gasteiger partial charge in [0.1, 0.15) is 18.6 Å². The minimum Gasteiger partial charge on any atom is -0.480 e. The molecule has 1 heterocycles. The van der Waals surface area contributed by atoms with Crippen molar-refractivity contribution in [3.63, 3.8) is 0 Å². The number of hydrogen-bond acceptors (Lipinski definition) is 6. The fraction of sp³-hybridized carbons (Fsp3) is 0.714. The van der Waals surface area contributed by atoms with Gasteiger partial charge in [-0.3, -0.25) is 19.2 Å². The number of carbonyl (C=O) groups is 4. The van der Waals surface area contributed by atoms with Crippen LogP contribution in [0.4, 0.5) is 0 Å². The molecule has 24 heavy (non-hydrogen) atoms.